The summed E-state index contributed by atoms with van der Waals surface area (Å²) in [7, 11) is 1.44. The van der Waals surface area contributed by atoms with Crippen molar-refractivity contribution >= 4 is 11.0 Å². The van der Waals surface area contributed by atoms with Crippen LogP contribution >= 0.6 is 0 Å². The van der Waals surface area contributed by atoms with Gasteiger partial charge in [-0.15, -0.1) is 0 Å². The van der Waals surface area contributed by atoms with Crippen molar-refractivity contribution in [3.05, 3.63) is 30.1 Å². The number of hydrogen-bond acceptors (Lipinski definition) is 3. The molecule has 2 N–H and O–H groups in total. The van der Waals surface area contributed by atoms with Crippen LogP contribution in [0.15, 0.2) is 24.3 Å². The number of nitrogens with zero attached hydrogens (tertiary/aromatic N) is 2. The fourth-order valence-electron chi connectivity index (χ4n) is 1.98. The van der Waals surface area contributed by atoms with Crippen molar-refractivity contribution in [2.75, 3.05) is 13.7 Å². The van der Waals surface area contributed by atoms with Crippen molar-refractivity contribution in [1.82, 2.24) is 9.55 Å². The lowest BCUT2D eigenvalue weighted by Gasteiger charge is -2.15. The van der Waals surface area contributed by atoms with E-state index in [-0.39, 0.29) is 12.4 Å². The molecule has 1 heterocycles. The van der Waals surface area contributed by atoms with Crippen molar-refractivity contribution in [2.24, 2.45) is 5.73 Å². The minimum absolute atomic E-state index is 0.112. The van der Waals surface area contributed by atoms with Gasteiger partial charge in [0.2, 0.25) is 0 Å². The summed E-state index contributed by atoms with van der Waals surface area (Å²) in [6.07, 6.45) is -4.33. The molecule has 0 fully saturated rings. The van der Waals surface area contributed by atoms with E-state index in [1.807, 2.05) is 0 Å². The molecule has 1 aromatic heterocycles. The standard InChI is InChI=1S/C12H14F3N3O/c1-19-6-8(16)11-17-9-4-2-3-5-10(9)18(11)7-12(13,14)15/h2-5,8H,6-7,16H2,1H3. The van der Waals surface area contributed by atoms with Crippen LogP contribution in [-0.2, 0) is 11.3 Å². The van der Waals surface area contributed by atoms with E-state index in [1.165, 1.54) is 7.11 Å². The number of methoxy groups -OCH3 is 1. The highest BCUT2D eigenvalue weighted by Crippen LogP contribution is 2.25. The van der Waals surface area contributed by atoms with Crippen molar-refractivity contribution in [2.45, 2.75) is 18.8 Å². The van der Waals surface area contributed by atoms with Crippen LogP contribution < -0.4 is 5.73 Å². The molecule has 104 valence electrons. The smallest absolute Gasteiger partial charge is 0.383 e. The molecule has 0 saturated heterocycles. The van der Waals surface area contributed by atoms with Gasteiger partial charge < -0.3 is 15.0 Å². The quantitative estimate of drug-likeness (QED) is 0.929. The Hall–Kier alpha value is -1.60. The predicted molar refractivity (Wildman–Crippen MR) is 64.6 cm³/mol. The van der Waals surface area contributed by atoms with Crippen molar-refractivity contribution in [3.63, 3.8) is 0 Å². The lowest BCUT2D eigenvalue weighted by atomic mass is 10.3. The molecule has 19 heavy (non-hydrogen) atoms. The minimum Gasteiger partial charge on any atom is -0.383 e. The zero-order valence-electron chi connectivity index (χ0n) is 10.3. The maximum Gasteiger partial charge on any atom is 0.406 e. The number of alkyl halides is 3. The zero-order valence-corrected chi connectivity index (χ0v) is 10.3. The van der Waals surface area contributed by atoms with E-state index in [9.17, 15) is 13.2 Å². The zero-order chi connectivity index (χ0) is 14.0. The predicted octanol–water partition coefficient (Wildman–Crippen LogP) is 2.24. The molecule has 0 aliphatic heterocycles. The Morgan fingerprint density at radius 2 is 2.05 bits per heavy atom. The number of ether oxygens (including phenoxy) is 1. The molecule has 0 amide bonds. The van der Waals surface area contributed by atoms with E-state index in [1.54, 1.807) is 24.3 Å². The monoisotopic (exact) mass is 273 g/mol. The van der Waals surface area contributed by atoms with Crippen molar-refractivity contribution < 1.29 is 17.9 Å². The molecule has 4 nitrogen and oxygen atoms in total. The summed E-state index contributed by atoms with van der Waals surface area (Å²) in [5, 5.41) is 0. The van der Waals surface area contributed by atoms with Crippen LogP contribution in [0.1, 0.15) is 11.9 Å². The van der Waals surface area contributed by atoms with E-state index in [2.05, 4.69) is 4.98 Å². The molecule has 0 saturated carbocycles. The van der Waals surface area contributed by atoms with Gasteiger partial charge in [-0.25, -0.2) is 4.98 Å². The van der Waals surface area contributed by atoms with Crippen molar-refractivity contribution in [1.29, 1.82) is 0 Å². The third-order valence-corrected chi connectivity index (χ3v) is 2.70. The second-order valence-corrected chi connectivity index (χ2v) is 4.22. The number of nitrogens with two attached hydrogens (primary N) is 1. The molecular weight excluding hydrogens is 259 g/mol. The van der Waals surface area contributed by atoms with Gasteiger partial charge >= 0.3 is 6.18 Å². The first-order valence-corrected chi connectivity index (χ1v) is 5.69. The van der Waals surface area contributed by atoms with Crippen molar-refractivity contribution in [3.8, 4) is 0 Å². The fraction of sp³-hybridized carbons (Fsp3) is 0.417. The number of para-hydroxylation sites is 2. The molecule has 0 aliphatic rings. The van der Waals surface area contributed by atoms with Crippen LogP contribution in [0.3, 0.4) is 0 Å². The van der Waals surface area contributed by atoms with Gasteiger partial charge in [-0.05, 0) is 12.1 Å². The molecule has 0 aliphatic carbocycles. The summed E-state index contributed by atoms with van der Waals surface area (Å²) in [5.74, 6) is 0.181. The normalized spacial score (nSPS) is 13.9. The maximum absolute atomic E-state index is 12.7. The highest BCUT2D eigenvalue weighted by Gasteiger charge is 2.31. The minimum atomic E-state index is -4.33. The van der Waals surface area contributed by atoms with Crippen LogP contribution in [0.5, 0.6) is 0 Å². The van der Waals surface area contributed by atoms with Gasteiger partial charge in [0.1, 0.15) is 12.4 Å². The molecule has 2 rings (SSSR count). The highest BCUT2D eigenvalue weighted by molar-refractivity contribution is 5.76. The first-order chi connectivity index (χ1) is 8.92. The largest absolute Gasteiger partial charge is 0.406 e. The van der Waals surface area contributed by atoms with Crippen LogP contribution in [0, 0.1) is 0 Å². The number of imidazole rings is 1. The number of fused-ring (bicyclic) bond motifs is 1. The van der Waals surface area contributed by atoms with Gasteiger partial charge in [0.15, 0.2) is 0 Å². The number of benzene rings is 1. The second kappa shape index (κ2) is 5.18. The van der Waals surface area contributed by atoms with E-state index in [0.717, 1.165) is 4.57 Å². The van der Waals surface area contributed by atoms with Gasteiger partial charge in [0, 0.05) is 7.11 Å². The van der Waals surface area contributed by atoms with Gasteiger partial charge in [-0.1, -0.05) is 12.1 Å². The topological polar surface area (TPSA) is 53.1 Å². The number of aromatic nitrogens is 2. The number of rotatable bonds is 4. The third-order valence-electron chi connectivity index (χ3n) is 2.70. The SMILES string of the molecule is COCC(N)c1nc2ccccc2n1CC(F)(F)F. The molecule has 0 bridgehead atoms. The molecule has 1 unspecified atom stereocenters. The van der Waals surface area contributed by atoms with Crippen LogP contribution in [0.4, 0.5) is 13.2 Å². The summed E-state index contributed by atoms with van der Waals surface area (Å²) in [6.45, 7) is -0.999. The molecule has 1 atom stereocenters. The molecule has 7 heteroatoms. The summed E-state index contributed by atoms with van der Waals surface area (Å²) < 4.78 is 43.9. The fourth-order valence-corrected chi connectivity index (χ4v) is 1.98. The Bertz CT molecular complexity index is 565. The maximum atomic E-state index is 12.7. The van der Waals surface area contributed by atoms with Crippen LogP contribution in [-0.4, -0.2) is 29.4 Å². The first kappa shape index (κ1) is 13.8. The Morgan fingerprint density at radius 3 is 2.68 bits per heavy atom. The molecular formula is C12H14F3N3O. The van der Waals surface area contributed by atoms with E-state index < -0.39 is 18.8 Å². The highest BCUT2D eigenvalue weighted by atomic mass is 19.4. The van der Waals surface area contributed by atoms with Gasteiger partial charge in [0.25, 0.3) is 0 Å². The third kappa shape index (κ3) is 3.05. The van der Waals surface area contributed by atoms with Crippen LogP contribution in [0.25, 0.3) is 11.0 Å². The Morgan fingerprint density at radius 1 is 1.37 bits per heavy atom. The Labute approximate surface area is 108 Å². The van der Waals surface area contributed by atoms with E-state index in [4.69, 9.17) is 10.5 Å². The molecule has 1 aromatic carbocycles. The summed E-state index contributed by atoms with van der Waals surface area (Å²) in [4.78, 5) is 4.17. The number of hydrogen-bond donors (Lipinski definition) is 1. The average Bonchev–Trinajstić information content (AvgIpc) is 2.67. The lowest BCUT2D eigenvalue weighted by molar-refractivity contribution is -0.140. The lowest BCUT2D eigenvalue weighted by Crippen LogP contribution is -2.25. The molecule has 0 radical (unpaired) electrons. The molecule has 0 spiro atoms. The first-order valence-electron chi connectivity index (χ1n) is 5.69. The molecule has 2 aromatic rings. The van der Waals surface area contributed by atoms with Gasteiger partial charge in [-0.2, -0.15) is 13.2 Å². The van der Waals surface area contributed by atoms with Gasteiger partial charge in [-0.3, -0.25) is 0 Å². The van der Waals surface area contributed by atoms with E-state index >= 15 is 0 Å². The van der Waals surface area contributed by atoms with Gasteiger partial charge in [0.05, 0.1) is 23.7 Å². The summed E-state index contributed by atoms with van der Waals surface area (Å²) in [6, 6.07) is 5.95. The average molecular weight is 273 g/mol. The second-order valence-electron chi connectivity index (χ2n) is 4.22. The number of halogens is 3. The Balaban J connectivity index is 2.52. The summed E-state index contributed by atoms with van der Waals surface area (Å²) >= 11 is 0. The van der Waals surface area contributed by atoms with E-state index in [0.29, 0.717) is 11.0 Å². The summed E-state index contributed by atoms with van der Waals surface area (Å²) in [5.41, 5.74) is 6.73. The Kier molecular flexibility index (Phi) is 3.77. The van der Waals surface area contributed by atoms with Crippen LogP contribution in [0.2, 0.25) is 0 Å².